The number of hydrogen-bond acceptors (Lipinski definition) is 5. The van der Waals surface area contributed by atoms with E-state index >= 15 is 0 Å². The van der Waals surface area contributed by atoms with Crippen molar-refractivity contribution < 1.29 is 14.3 Å². The molecule has 0 aliphatic carbocycles. The number of halogens is 2. The molecule has 0 radical (unpaired) electrons. The number of hydrazone groups is 1. The largest absolute Gasteiger partial charge is 0.493 e. The van der Waals surface area contributed by atoms with Crippen LogP contribution in [0.25, 0.3) is 0 Å². The minimum absolute atomic E-state index is 0.0729. The van der Waals surface area contributed by atoms with E-state index in [1.165, 1.54) is 7.11 Å². The van der Waals surface area contributed by atoms with Gasteiger partial charge in [0, 0.05) is 6.54 Å². The molecule has 0 aliphatic rings. The van der Waals surface area contributed by atoms with Crippen molar-refractivity contribution in [3.63, 3.8) is 0 Å². The van der Waals surface area contributed by atoms with E-state index in [-0.39, 0.29) is 12.5 Å². The number of amides is 1. The lowest BCUT2D eigenvalue weighted by atomic mass is 10.2. The van der Waals surface area contributed by atoms with Gasteiger partial charge < -0.3 is 14.8 Å². The number of nitrogens with one attached hydrogen (secondary N) is 2. The molecule has 0 heterocycles. The first kappa shape index (κ1) is 19.9. The van der Waals surface area contributed by atoms with Gasteiger partial charge in [-0.3, -0.25) is 10.2 Å². The van der Waals surface area contributed by atoms with E-state index < -0.39 is 0 Å². The fourth-order valence-electron chi connectivity index (χ4n) is 2.02. The van der Waals surface area contributed by atoms with Crippen LogP contribution in [0, 0.1) is 0 Å². The van der Waals surface area contributed by atoms with Gasteiger partial charge in [-0.05, 0) is 48.9 Å². The quantitative estimate of drug-likeness (QED) is 0.523. The maximum Gasteiger partial charge on any atom is 0.257 e. The molecule has 6 nitrogen and oxygen atoms in total. The molecule has 0 bridgehead atoms. The second-order valence-electron chi connectivity index (χ2n) is 5.15. The maximum atomic E-state index is 11.5. The van der Waals surface area contributed by atoms with Crippen LogP contribution in [-0.2, 0) is 4.79 Å². The molecular weight excluding hydrogens is 377 g/mol. The number of ether oxygens (including phenoxy) is 2. The lowest BCUT2D eigenvalue weighted by Gasteiger charge is -2.11. The fourth-order valence-corrected chi connectivity index (χ4v) is 2.32. The first-order valence-electron chi connectivity index (χ1n) is 7.85. The summed E-state index contributed by atoms with van der Waals surface area (Å²) in [6.07, 6.45) is 1.62. The van der Waals surface area contributed by atoms with Gasteiger partial charge in [0.15, 0.2) is 18.1 Å². The van der Waals surface area contributed by atoms with Crippen LogP contribution in [0.5, 0.6) is 11.5 Å². The second kappa shape index (κ2) is 9.89. The number of benzene rings is 2. The predicted octanol–water partition coefficient (Wildman–Crippen LogP) is 3.96. The average Bonchev–Trinajstić information content (AvgIpc) is 2.63. The highest BCUT2D eigenvalue weighted by Gasteiger charge is 2.07. The molecule has 0 fully saturated rings. The normalized spacial score (nSPS) is 10.6. The number of carbonyl (C=O) groups excluding carboxylic acids is 1. The van der Waals surface area contributed by atoms with Crippen LogP contribution >= 0.6 is 23.2 Å². The molecule has 0 atom stereocenters. The maximum absolute atomic E-state index is 11.5. The van der Waals surface area contributed by atoms with E-state index in [1.54, 1.807) is 42.6 Å². The van der Waals surface area contributed by atoms with Crippen LogP contribution in [0.1, 0.15) is 12.5 Å². The molecule has 0 saturated carbocycles. The highest BCUT2D eigenvalue weighted by atomic mass is 35.5. The third-order valence-electron chi connectivity index (χ3n) is 3.25. The number of carbonyl (C=O) groups is 1. The lowest BCUT2D eigenvalue weighted by molar-refractivity contribution is -0.123. The molecule has 0 aromatic heterocycles. The Kier molecular flexibility index (Phi) is 7.56. The number of likely N-dealkylation sites (N-methyl/N-ethyl adjacent to an activating group) is 1. The van der Waals surface area contributed by atoms with Crippen LogP contribution in [0.2, 0.25) is 10.0 Å². The first-order chi connectivity index (χ1) is 12.5. The van der Waals surface area contributed by atoms with Crippen molar-refractivity contribution in [1.82, 2.24) is 5.32 Å². The summed E-state index contributed by atoms with van der Waals surface area (Å²) in [7, 11) is 1.53. The second-order valence-corrected chi connectivity index (χ2v) is 5.97. The van der Waals surface area contributed by atoms with Gasteiger partial charge >= 0.3 is 0 Å². The summed E-state index contributed by atoms with van der Waals surface area (Å²) < 4.78 is 10.8. The molecule has 2 N–H and O–H groups in total. The first-order valence-corrected chi connectivity index (χ1v) is 8.60. The fraction of sp³-hybridized carbons (Fsp3) is 0.222. The van der Waals surface area contributed by atoms with Crippen LogP contribution < -0.4 is 20.2 Å². The van der Waals surface area contributed by atoms with Gasteiger partial charge in [-0.25, -0.2) is 0 Å². The third kappa shape index (κ3) is 5.82. The number of methoxy groups -OCH3 is 1. The van der Waals surface area contributed by atoms with Gasteiger partial charge in [-0.2, -0.15) is 5.10 Å². The van der Waals surface area contributed by atoms with Gasteiger partial charge in [-0.1, -0.05) is 23.2 Å². The Morgan fingerprint density at radius 2 is 1.96 bits per heavy atom. The lowest BCUT2D eigenvalue weighted by Crippen LogP contribution is -2.28. The van der Waals surface area contributed by atoms with Gasteiger partial charge in [0.2, 0.25) is 0 Å². The van der Waals surface area contributed by atoms with Crippen molar-refractivity contribution in [2.45, 2.75) is 6.92 Å². The molecule has 1 amide bonds. The summed E-state index contributed by atoms with van der Waals surface area (Å²) in [4.78, 5) is 11.5. The minimum Gasteiger partial charge on any atom is -0.493 e. The Balaban J connectivity index is 2.01. The molecule has 8 heteroatoms. The van der Waals surface area contributed by atoms with E-state index in [0.29, 0.717) is 33.8 Å². The van der Waals surface area contributed by atoms with E-state index in [0.717, 1.165) is 5.56 Å². The molecule has 0 unspecified atom stereocenters. The molecule has 138 valence electrons. The minimum atomic E-state index is -0.189. The van der Waals surface area contributed by atoms with Gasteiger partial charge in [0.05, 0.1) is 29.1 Å². The van der Waals surface area contributed by atoms with Crippen molar-refractivity contribution >= 4 is 41.0 Å². The summed E-state index contributed by atoms with van der Waals surface area (Å²) in [6.45, 7) is 2.33. The Hall–Kier alpha value is -2.44. The Labute approximate surface area is 162 Å². The summed E-state index contributed by atoms with van der Waals surface area (Å²) >= 11 is 11.8. The topological polar surface area (TPSA) is 72.0 Å². The van der Waals surface area contributed by atoms with Crippen molar-refractivity contribution in [1.29, 1.82) is 0 Å². The van der Waals surface area contributed by atoms with E-state index in [2.05, 4.69) is 15.8 Å². The monoisotopic (exact) mass is 395 g/mol. The zero-order valence-corrected chi connectivity index (χ0v) is 15.9. The molecule has 2 rings (SSSR count). The van der Waals surface area contributed by atoms with Gasteiger partial charge in [0.25, 0.3) is 5.91 Å². The van der Waals surface area contributed by atoms with Crippen molar-refractivity contribution in [3.8, 4) is 11.5 Å². The standard InChI is InChI=1S/C18H19Cl2N3O3/c1-3-21-18(24)11-26-16-7-4-12(8-17(16)25-2)10-22-23-13-5-6-14(19)15(20)9-13/h4-10,23H,3,11H2,1-2H3,(H,21,24)/b22-10-. The average molecular weight is 396 g/mol. The van der Waals surface area contributed by atoms with Crippen LogP contribution in [0.3, 0.4) is 0 Å². The number of hydrogen-bond donors (Lipinski definition) is 2. The summed E-state index contributed by atoms with van der Waals surface area (Å²) in [5, 5.41) is 7.74. The van der Waals surface area contributed by atoms with Crippen LogP contribution in [-0.4, -0.2) is 32.4 Å². The summed E-state index contributed by atoms with van der Waals surface area (Å²) in [6, 6.07) is 10.4. The van der Waals surface area contributed by atoms with Gasteiger partial charge in [-0.15, -0.1) is 0 Å². The zero-order chi connectivity index (χ0) is 18.9. The molecule has 2 aromatic rings. The SMILES string of the molecule is CCNC(=O)COc1ccc(/C=N\Nc2ccc(Cl)c(Cl)c2)cc1OC. The molecule has 0 spiro atoms. The molecule has 26 heavy (non-hydrogen) atoms. The van der Waals surface area contributed by atoms with Crippen molar-refractivity contribution in [2.24, 2.45) is 5.10 Å². The Bertz CT molecular complexity index is 797. The highest BCUT2D eigenvalue weighted by molar-refractivity contribution is 6.42. The third-order valence-corrected chi connectivity index (χ3v) is 3.99. The number of rotatable bonds is 8. The molecule has 0 aliphatic heterocycles. The smallest absolute Gasteiger partial charge is 0.257 e. The molecular formula is C18H19Cl2N3O3. The Morgan fingerprint density at radius 1 is 1.15 bits per heavy atom. The molecule has 2 aromatic carbocycles. The summed E-state index contributed by atoms with van der Waals surface area (Å²) in [5.41, 5.74) is 4.37. The van der Waals surface area contributed by atoms with E-state index in [4.69, 9.17) is 32.7 Å². The van der Waals surface area contributed by atoms with Crippen molar-refractivity contribution in [3.05, 3.63) is 52.0 Å². The molecule has 0 saturated heterocycles. The van der Waals surface area contributed by atoms with E-state index in [9.17, 15) is 4.79 Å². The predicted molar refractivity (Wildman–Crippen MR) is 105 cm³/mol. The number of anilines is 1. The van der Waals surface area contributed by atoms with Crippen molar-refractivity contribution in [2.75, 3.05) is 25.7 Å². The summed E-state index contributed by atoms with van der Waals surface area (Å²) in [5.74, 6) is 0.798. The Morgan fingerprint density at radius 3 is 2.65 bits per heavy atom. The van der Waals surface area contributed by atoms with E-state index in [1.807, 2.05) is 6.92 Å². The van der Waals surface area contributed by atoms with Crippen LogP contribution in [0.15, 0.2) is 41.5 Å². The zero-order valence-electron chi connectivity index (χ0n) is 14.4. The van der Waals surface area contributed by atoms with Gasteiger partial charge in [0.1, 0.15) is 0 Å². The highest BCUT2D eigenvalue weighted by Crippen LogP contribution is 2.28. The van der Waals surface area contributed by atoms with Crippen LogP contribution in [0.4, 0.5) is 5.69 Å². The number of nitrogens with zero attached hydrogens (tertiary/aromatic N) is 1.